The highest BCUT2D eigenvalue weighted by atomic mass is 35.5. The molecule has 0 bridgehead atoms. The van der Waals surface area contributed by atoms with Crippen LogP contribution in [0.1, 0.15) is 37.8 Å². The smallest absolute Gasteiger partial charge is 0.264 e. The lowest BCUT2D eigenvalue weighted by molar-refractivity contribution is -0.140. The van der Waals surface area contributed by atoms with Crippen LogP contribution in [0.4, 0.5) is 5.69 Å². The van der Waals surface area contributed by atoms with Gasteiger partial charge < -0.3 is 15.0 Å². The van der Waals surface area contributed by atoms with Crippen LogP contribution in [0.5, 0.6) is 5.75 Å². The molecule has 0 aliphatic carbocycles. The van der Waals surface area contributed by atoms with Crippen LogP contribution in [0.25, 0.3) is 0 Å². The van der Waals surface area contributed by atoms with Gasteiger partial charge in [-0.25, -0.2) is 8.42 Å². The van der Waals surface area contributed by atoms with Crippen molar-refractivity contribution in [3.63, 3.8) is 0 Å². The number of unbranched alkanes of at least 4 members (excludes halogenated alkanes) is 1. The van der Waals surface area contributed by atoms with Gasteiger partial charge in [0, 0.05) is 24.5 Å². The van der Waals surface area contributed by atoms with Crippen LogP contribution < -0.4 is 14.4 Å². The summed E-state index contributed by atoms with van der Waals surface area (Å²) in [6.45, 7) is 4.08. The first kappa shape index (κ1) is 34.5. The van der Waals surface area contributed by atoms with Gasteiger partial charge in [0.25, 0.3) is 10.0 Å². The molecule has 1 N–H and O–H groups in total. The molecule has 0 saturated carbocycles. The van der Waals surface area contributed by atoms with E-state index in [-0.39, 0.29) is 29.5 Å². The summed E-state index contributed by atoms with van der Waals surface area (Å²) in [5.41, 5.74) is 1.83. The quantitative estimate of drug-likeness (QED) is 0.139. The van der Waals surface area contributed by atoms with E-state index in [1.807, 2.05) is 37.3 Å². The number of ether oxygens (including phenoxy) is 1. The monoisotopic (exact) mass is 661 g/mol. The fraction of sp³-hybridized carbons (Fsp3) is 0.278. The molecular weight excluding hydrogens is 622 g/mol. The largest absolute Gasteiger partial charge is 0.492 e. The molecule has 242 valence electrons. The van der Waals surface area contributed by atoms with Crippen LogP contribution in [0.2, 0.25) is 5.02 Å². The van der Waals surface area contributed by atoms with E-state index in [2.05, 4.69) is 5.32 Å². The van der Waals surface area contributed by atoms with Gasteiger partial charge in [-0.15, -0.1) is 0 Å². The minimum Gasteiger partial charge on any atom is -0.492 e. The van der Waals surface area contributed by atoms with Gasteiger partial charge in [0.05, 0.1) is 17.2 Å². The summed E-state index contributed by atoms with van der Waals surface area (Å²) in [4.78, 5) is 29.9. The van der Waals surface area contributed by atoms with E-state index in [1.165, 1.54) is 17.0 Å². The second-order valence-electron chi connectivity index (χ2n) is 10.7. The average molecular weight is 662 g/mol. The first-order chi connectivity index (χ1) is 22.2. The maximum Gasteiger partial charge on any atom is 0.264 e. The Hall–Kier alpha value is -4.34. The Kier molecular flexibility index (Phi) is 12.6. The molecule has 46 heavy (non-hydrogen) atoms. The number of para-hydroxylation sites is 2. The zero-order valence-electron chi connectivity index (χ0n) is 26.1. The summed E-state index contributed by atoms with van der Waals surface area (Å²) in [6, 6.07) is 30.2. The van der Waals surface area contributed by atoms with Crippen LogP contribution >= 0.6 is 11.6 Å². The average Bonchev–Trinajstić information content (AvgIpc) is 3.07. The Bertz CT molecular complexity index is 1670. The number of carbonyl (C=O) groups is 2. The molecule has 0 unspecified atom stereocenters. The van der Waals surface area contributed by atoms with E-state index in [0.717, 1.165) is 28.3 Å². The third-order valence-electron chi connectivity index (χ3n) is 7.41. The SMILES string of the molecule is CCCCNC(=O)[C@@H](Cc1ccccc1)N(Cc1ccc(Cl)cc1)C(=O)CN(c1ccccc1OCC)S(=O)(=O)c1ccccc1. The number of halogens is 1. The van der Waals surface area contributed by atoms with Gasteiger partial charge in [0.15, 0.2) is 0 Å². The lowest BCUT2D eigenvalue weighted by Gasteiger charge is -2.34. The van der Waals surface area contributed by atoms with Crippen molar-refractivity contribution in [2.45, 2.75) is 50.6 Å². The van der Waals surface area contributed by atoms with Gasteiger partial charge in [0.2, 0.25) is 11.8 Å². The molecule has 0 spiro atoms. The zero-order valence-corrected chi connectivity index (χ0v) is 27.7. The fourth-order valence-electron chi connectivity index (χ4n) is 5.02. The van der Waals surface area contributed by atoms with Crippen molar-refractivity contribution < 1.29 is 22.7 Å². The predicted molar refractivity (Wildman–Crippen MR) is 182 cm³/mol. The van der Waals surface area contributed by atoms with E-state index in [1.54, 1.807) is 73.7 Å². The number of carbonyl (C=O) groups excluding carboxylic acids is 2. The van der Waals surface area contributed by atoms with E-state index in [4.69, 9.17) is 16.3 Å². The highest BCUT2D eigenvalue weighted by molar-refractivity contribution is 7.92. The van der Waals surface area contributed by atoms with Gasteiger partial charge in [-0.2, -0.15) is 0 Å². The van der Waals surface area contributed by atoms with E-state index >= 15 is 0 Å². The van der Waals surface area contributed by atoms with Crippen LogP contribution in [0.15, 0.2) is 114 Å². The first-order valence-electron chi connectivity index (χ1n) is 15.4. The molecule has 4 rings (SSSR count). The van der Waals surface area contributed by atoms with Gasteiger partial charge in [-0.05, 0) is 60.9 Å². The topological polar surface area (TPSA) is 96.0 Å². The van der Waals surface area contributed by atoms with Crippen molar-refractivity contribution in [3.05, 3.63) is 125 Å². The van der Waals surface area contributed by atoms with E-state index in [0.29, 0.717) is 23.9 Å². The van der Waals surface area contributed by atoms with Crippen molar-refractivity contribution in [2.24, 2.45) is 0 Å². The zero-order chi connectivity index (χ0) is 32.9. The van der Waals surface area contributed by atoms with E-state index in [9.17, 15) is 18.0 Å². The standard InChI is InChI=1S/C36H40ClN3O5S/c1-3-5-24-38-36(42)33(25-28-14-8-6-9-15-28)39(26-29-20-22-30(37)23-21-29)35(41)27-40(32-18-12-13-19-34(32)45-4-2)46(43,44)31-16-10-7-11-17-31/h6-23,33H,3-5,24-27H2,1-2H3,(H,38,42)/t33-/m1/s1. The molecule has 0 aliphatic heterocycles. The predicted octanol–water partition coefficient (Wildman–Crippen LogP) is 6.49. The second-order valence-corrected chi connectivity index (χ2v) is 13.0. The number of hydrogen-bond donors (Lipinski definition) is 1. The molecule has 0 fully saturated rings. The third-order valence-corrected chi connectivity index (χ3v) is 9.44. The highest BCUT2D eigenvalue weighted by Crippen LogP contribution is 2.33. The van der Waals surface area contributed by atoms with Gasteiger partial charge in [-0.1, -0.05) is 97.7 Å². The number of nitrogens with one attached hydrogen (secondary N) is 1. The number of rotatable bonds is 16. The van der Waals surface area contributed by atoms with Gasteiger partial charge in [-0.3, -0.25) is 13.9 Å². The Balaban J connectivity index is 1.81. The van der Waals surface area contributed by atoms with Crippen LogP contribution in [0.3, 0.4) is 0 Å². The molecule has 0 heterocycles. The number of benzene rings is 4. The summed E-state index contributed by atoms with van der Waals surface area (Å²) in [6.07, 6.45) is 1.91. The van der Waals surface area contributed by atoms with Gasteiger partial charge >= 0.3 is 0 Å². The van der Waals surface area contributed by atoms with Crippen LogP contribution in [-0.4, -0.2) is 50.9 Å². The molecule has 0 aromatic heterocycles. The molecule has 0 saturated heterocycles. The normalized spacial score (nSPS) is 11.8. The maximum atomic E-state index is 14.6. The molecule has 4 aromatic carbocycles. The molecule has 10 heteroatoms. The number of nitrogens with zero attached hydrogens (tertiary/aromatic N) is 2. The summed E-state index contributed by atoms with van der Waals surface area (Å²) in [5, 5.41) is 3.53. The Morgan fingerprint density at radius 3 is 2.11 bits per heavy atom. The summed E-state index contributed by atoms with van der Waals surface area (Å²) in [7, 11) is -4.24. The van der Waals surface area contributed by atoms with E-state index < -0.39 is 28.5 Å². The van der Waals surface area contributed by atoms with Crippen molar-refractivity contribution in [1.29, 1.82) is 0 Å². The van der Waals surface area contributed by atoms with Crippen molar-refractivity contribution in [3.8, 4) is 5.75 Å². The lowest BCUT2D eigenvalue weighted by Crippen LogP contribution is -2.53. The minimum absolute atomic E-state index is 0.0245. The van der Waals surface area contributed by atoms with Crippen molar-refractivity contribution in [2.75, 3.05) is 24.0 Å². The first-order valence-corrected chi connectivity index (χ1v) is 17.2. The molecule has 4 aromatic rings. The number of amides is 2. The molecule has 0 aliphatic rings. The molecular formula is C36H40ClN3O5S. The third kappa shape index (κ3) is 9.11. The summed E-state index contributed by atoms with van der Waals surface area (Å²) >= 11 is 6.16. The minimum atomic E-state index is -4.24. The molecule has 2 amide bonds. The second kappa shape index (κ2) is 16.8. The summed E-state index contributed by atoms with van der Waals surface area (Å²) < 4.78 is 35.3. The number of hydrogen-bond acceptors (Lipinski definition) is 5. The van der Waals surface area contributed by atoms with Crippen molar-refractivity contribution >= 4 is 39.1 Å². The van der Waals surface area contributed by atoms with Crippen molar-refractivity contribution in [1.82, 2.24) is 10.2 Å². The maximum absolute atomic E-state index is 14.6. The highest BCUT2D eigenvalue weighted by Gasteiger charge is 2.35. The fourth-order valence-corrected chi connectivity index (χ4v) is 6.59. The molecule has 1 atom stereocenters. The number of sulfonamides is 1. The Labute approximate surface area is 277 Å². The van der Waals surface area contributed by atoms with Crippen LogP contribution in [-0.2, 0) is 32.6 Å². The molecule has 0 radical (unpaired) electrons. The molecule has 8 nitrogen and oxygen atoms in total. The number of anilines is 1. The lowest BCUT2D eigenvalue weighted by atomic mass is 10.0. The van der Waals surface area contributed by atoms with Crippen LogP contribution in [0, 0.1) is 0 Å². The van der Waals surface area contributed by atoms with Gasteiger partial charge in [0.1, 0.15) is 18.3 Å². The summed E-state index contributed by atoms with van der Waals surface area (Å²) in [5.74, 6) is -0.543. The Morgan fingerprint density at radius 1 is 0.826 bits per heavy atom. The Morgan fingerprint density at radius 2 is 1.46 bits per heavy atom.